The second kappa shape index (κ2) is 12.4. The van der Waals surface area contributed by atoms with Gasteiger partial charge in [-0.2, -0.15) is 0 Å². The fourth-order valence-electron chi connectivity index (χ4n) is 3.94. The molecule has 178 valence electrons. The van der Waals surface area contributed by atoms with Gasteiger partial charge in [-0.25, -0.2) is 9.80 Å². The minimum atomic E-state index is -0.273. The molecule has 1 fully saturated rings. The highest BCUT2D eigenvalue weighted by atomic mass is 16.5. The predicted molar refractivity (Wildman–Crippen MR) is 135 cm³/mol. The summed E-state index contributed by atoms with van der Waals surface area (Å²) in [6.45, 7) is 10.0. The zero-order valence-electron chi connectivity index (χ0n) is 20.4. The number of benzene rings is 1. The lowest BCUT2D eigenvalue weighted by atomic mass is 10.0. The average Bonchev–Trinajstić information content (AvgIpc) is 3.66. The van der Waals surface area contributed by atoms with Crippen molar-refractivity contribution >= 4 is 11.8 Å². The van der Waals surface area contributed by atoms with Crippen molar-refractivity contribution in [3.8, 4) is 0 Å². The van der Waals surface area contributed by atoms with Crippen molar-refractivity contribution in [1.82, 2.24) is 15.8 Å². The van der Waals surface area contributed by atoms with Gasteiger partial charge < -0.3 is 10.1 Å². The molecule has 1 saturated carbocycles. The molecule has 1 aromatic carbocycles. The maximum absolute atomic E-state index is 11.9. The largest absolute Gasteiger partial charge is 0.462 e. The number of ether oxygens (including phenoxy) is 1. The Kier molecular flexibility index (Phi) is 9.31. The number of hydrogen-bond acceptors (Lipinski definition) is 5. The van der Waals surface area contributed by atoms with Gasteiger partial charge in [-0.05, 0) is 81.4 Å². The molecule has 2 aliphatic rings. The van der Waals surface area contributed by atoms with E-state index in [-0.39, 0.29) is 12.0 Å². The summed E-state index contributed by atoms with van der Waals surface area (Å²) in [4.78, 5) is 16.6. The first-order valence-corrected chi connectivity index (χ1v) is 12.2. The second-order valence-electron chi connectivity index (χ2n) is 8.54. The first kappa shape index (κ1) is 24.8. The zero-order valence-corrected chi connectivity index (χ0v) is 20.4. The van der Waals surface area contributed by atoms with Gasteiger partial charge in [0.15, 0.2) is 0 Å². The predicted octanol–water partition coefficient (Wildman–Crippen LogP) is 5.29. The van der Waals surface area contributed by atoms with Crippen LogP contribution >= 0.6 is 0 Å². The molecule has 1 aromatic rings. The fourth-order valence-corrected chi connectivity index (χ4v) is 3.94. The molecule has 0 saturated heterocycles. The van der Waals surface area contributed by atoms with Gasteiger partial charge in [0.05, 0.1) is 12.2 Å². The topological polar surface area (TPSA) is 66.0 Å². The van der Waals surface area contributed by atoms with Gasteiger partial charge in [0.2, 0.25) is 0 Å². The smallest absolute Gasteiger partial charge is 0.338 e. The third-order valence-corrected chi connectivity index (χ3v) is 5.72. The van der Waals surface area contributed by atoms with Crippen molar-refractivity contribution in [3.63, 3.8) is 0 Å². The Balaban J connectivity index is 1.61. The van der Waals surface area contributed by atoms with E-state index >= 15 is 0 Å². The monoisotopic (exact) mass is 450 g/mol. The molecule has 0 bridgehead atoms. The van der Waals surface area contributed by atoms with Crippen molar-refractivity contribution in [2.24, 2.45) is 10.9 Å². The number of carbonyl (C=O) groups excluding carboxylic acids is 1. The Morgan fingerprint density at radius 1 is 1.27 bits per heavy atom. The molecule has 33 heavy (non-hydrogen) atoms. The van der Waals surface area contributed by atoms with Gasteiger partial charge in [-0.15, -0.1) is 0 Å². The van der Waals surface area contributed by atoms with E-state index in [1.165, 1.54) is 24.0 Å². The molecule has 0 amide bonds. The van der Waals surface area contributed by atoms with Crippen molar-refractivity contribution in [2.75, 3.05) is 19.7 Å². The second-order valence-corrected chi connectivity index (χ2v) is 8.54. The molecule has 6 nitrogen and oxygen atoms in total. The normalized spacial score (nSPS) is 17.5. The van der Waals surface area contributed by atoms with Gasteiger partial charge >= 0.3 is 5.97 Å². The Bertz CT molecular complexity index is 911. The summed E-state index contributed by atoms with van der Waals surface area (Å²) >= 11 is 0. The average molecular weight is 451 g/mol. The third kappa shape index (κ3) is 7.32. The number of esters is 1. The van der Waals surface area contributed by atoms with E-state index in [0.29, 0.717) is 18.1 Å². The van der Waals surface area contributed by atoms with Gasteiger partial charge in [-0.3, -0.25) is 10.4 Å². The summed E-state index contributed by atoms with van der Waals surface area (Å²) in [6.07, 6.45) is 13.3. The number of nitrogens with zero attached hydrogens (tertiary/aromatic N) is 2. The van der Waals surface area contributed by atoms with Crippen molar-refractivity contribution in [3.05, 3.63) is 71.1 Å². The number of aliphatic imine (C=N–C) groups is 1. The lowest BCUT2D eigenvalue weighted by Gasteiger charge is -2.27. The van der Waals surface area contributed by atoms with Gasteiger partial charge in [0.25, 0.3) is 0 Å². The number of allylic oxidation sites excluding steroid dienone is 3. The summed E-state index contributed by atoms with van der Waals surface area (Å²) < 4.78 is 5.09. The summed E-state index contributed by atoms with van der Waals surface area (Å²) in [5, 5.41) is 5.68. The highest BCUT2D eigenvalue weighted by molar-refractivity contribution is 5.93. The van der Waals surface area contributed by atoms with Crippen LogP contribution in [0, 0.1) is 5.92 Å². The van der Waals surface area contributed by atoms with E-state index in [1.807, 2.05) is 36.2 Å². The van der Waals surface area contributed by atoms with Crippen molar-refractivity contribution in [2.45, 2.75) is 59.4 Å². The number of hydrogen-bond donors (Lipinski definition) is 2. The molecule has 1 heterocycles. The molecule has 1 aliphatic heterocycles. The summed E-state index contributed by atoms with van der Waals surface area (Å²) in [6, 6.07) is 7.96. The fraction of sp³-hybridized carbons (Fsp3) is 0.481. The van der Waals surface area contributed by atoms with E-state index in [4.69, 9.17) is 9.73 Å². The lowest BCUT2D eigenvalue weighted by molar-refractivity contribution is 0.0526. The Morgan fingerprint density at radius 2 is 2.03 bits per heavy atom. The van der Waals surface area contributed by atoms with E-state index in [9.17, 15) is 4.79 Å². The molecule has 1 unspecified atom stereocenters. The SMILES string of the molecule is CCCC(NC/C=C\C(=NCC)N1C=C(C2CC2)C=C(C)N1)c1ccc(C(=O)OCC)cc1. The maximum atomic E-state index is 11.9. The minimum Gasteiger partial charge on any atom is -0.462 e. The van der Waals surface area contributed by atoms with Crippen LogP contribution in [-0.2, 0) is 4.74 Å². The quantitative estimate of drug-likeness (QED) is 0.273. The van der Waals surface area contributed by atoms with Crippen molar-refractivity contribution < 1.29 is 9.53 Å². The van der Waals surface area contributed by atoms with E-state index < -0.39 is 0 Å². The van der Waals surface area contributed by atoms with Gasteiger partial charge in [-0.1, -0.05) is 31.6 Å². The maximum Gasteiger partial charge on any atom is 0.338 e. The zero-order chi connectivity index (χ0) is 23.6. The summed E-state index contributed by atoms with van der Waals surface area (Å²) in [7, 11) is 0. The van der Waals surface area contributed by atoms with Crippen LogP contribution in [0.25, 0.3) is 0 Å². The van der Waals surface area contributed by atoms with Crippen LogP contribution in [0.2, 0.25) is 0 Å². The highest BCUT2D eigenvalue weighted by Gasteiger charge is 2.27. The molecule has 3 rings (SSSR count). The Labute approximate surface area is 198 Å². The first-order valence-electron chi connectivity index (χ1n) is 12.2. The Hall–Kier alpha value is -2.86. The van der Waals surface area contributed by atoms with Crippen LogP contribution in [0.15, 0.2) is 65.0 Å². The number of amidine groups is 1. The van der Waals surface area contributed by atoms with Crippen LogP contribution < -0.4 is 10.7 Å². The van der Waals surface area contributed by atoms with Gasteiger partial charge in [0, 0.05) is 31.0 Å². The molecule has 2 N–H and O–H groups in total. The molecule has 1 aliphatic carbocycles. The van der Waals surface area contributed by atoms with Gasteiger partial charge in [0.1, 0.15) is 5.84 Å². The molecule has 0 aromatic heterocycles. The molecule has 1 atom stereocenters. The Morgan fingerprint density at radius 3 is 2.67 bits per heavy atom. The van der Waals surface area contributed by atoms with Crippen LogP contribution in [0.5, 0.6) is 0 Å². The number of rotatable bonds is 11. The molecule has 6 heteroatoms. The molecule has 0 radical (unpaired) electrons. The van der Waals surface area contributed by atoms with Crippen molar-refractivity contribution in [1.29, 1.82) is 0 Å². The lowest BCUT2D eigenvalue weighted by Crippen LogP contribution is -2.39. The standard InChI is InChI=1S/C27H38N4O2/c1-5-9-25(22-13-15-23(16-14-22)27(32)33-7-3)29-17-8-10-26(28-6-2)31-19-24(21-11-12-21)18-20(4)30-31/h8,10,13-16,18-19,21,25,29-30H,5-7,9,11-12,17H2,1-4H3/b10-8-,28-26?. The van der Waals surface area contributed by atoms with Crippen LogP contribution in [0.1, 0.15) is 75.3 Å². The molecular formula is C27H38N4O2. The van der Waals surface area contributed by atoms with E-state index in [0.717, 1.165) is 37.5 Å². The number of hydrazine groups is 1. The van der Waals surface area contributed by atoms with E-state index in [1.54, 1.807) is 0 Å². The van der Waals surface area contributed by atoms with E-state index in [2.05, 4.69) is 55.9 Å². The number of carbonyl (C=O) groups is 1. The van der Waals surface area contributed by atoms with Crippen LogP contribution in [0.3, 0.4) is 0 Å². The van der Waals surface area contributed by atoms with Crippen LogP contribution in [0.4, 0.5) is 0 Å². The highest BCUT2D eigenvalue weighted by Crippen LogP contribution is 2.38. The first-order chi connectivity index (χ1) is 16.0. The van der Waals surface area contributed by atoms with Crippen LogP contribution in [-0.4, -0.2) is 36.5 Å². The third-order valence-electron chi connectivity index (χ3n) is 5.72. The minimum absolute atomic E-state index is 0.224. The molecular weight excluding hydrogens is 412 g/mol. The summed E-state index contributed by atoms with van der Waals surface area (Å²) in [5.74, 6) is 1.34. The molecule has 0 spiro atoms. The summed E-state index contributed by atoms with van der Waals surface area (Å²) in [5.41, 5.74) is 7.71. The number of nitrogens with one attached hydrogen (secondary N) is 2.